The SMILES string of the molecule is Fc1ccccc1-c1cccc(C=C2CCCN=C2c2cccnc2)c1. The molecule has 0 bridgehead atoms. The van der Waals surface area contributed by atoms with Crippen molar-refractivity contribution in [3.63, 3.8) is 0 Å². The van der Waals surface area contributed by atoms with Gasteiger partial charge in [0.2, 0.25) is 0 Å². The summed E-state index contributed by atoms with van der Waals surface area (Å²) in [6.07, 6.45) is 7.82. The minimum Gasteiger partial charge on any atom is -0.284 e. The Morgan fingerprint density at radius 3 is 2.65 bits per heavy atom. The van der Waals surface area contributed by atoms with E-state index in [9.17, 15) is 4.39 Å². The molecule has 0 N–H and O–H groups in total. The van der Waals surface area contributed by atoms with Gasteiger partial charge in [-0.25, -0.2) is 4.39 Å². The molecule has 0 amide bonds. The summed E-state index contributed by atoms with van der Waals surface area (Å²) in [4.78, 5) is 8.94. The summed E-state index contributed by atoms with van der Waals surface area (Å²) in [5, 5.41) is 0. The molecule has 0 fully saturated rings. The second-order valence-corrected chi connectivity index (χ2v) is 6.35. The Hall–Kier alpha value is -3.07. The molecule has 1 aliphatic heterocycles. The van der Waals surface area contributed by atoms with Gasteiger partial charge in [-0.15, -0.1) is 0 Å². The fourth-order valence-corrected chi connectivity index (χ4v) is 3.29. The lowest BCUT2D eigenvalue weighted by Gasteiger charge is -2.16. The van der Waals surface area contributed by atoms with Gasteiger partial charge in [-0.3, -0.25) is 9.98 Å². The third-order valence-electron chi connectivity index (χ3n) is 4.53. The van der Waals surface area contributed by atoms with Crippen molar-refractivity contribution in [1.29, 1.82) is 0 Å². The van der Waals surface area contributed by atoms with Crippen LogP contribution >= 0.6 is 0 Å². The van der Waals surface area contributed by atoms with E-state index in [0.29, 0.717) is 5.56 Å². The maximum atomic E-state index is 14.1. The molecule has 2 heterocycles. The van der Waals surface area contributed by atoms with E-state index in [2.05, 4.69) is 11.1 Å². The largest absolute Gasteiger partial charge is 0.284 e. The van der Waals surface area contributed by atoms with Crippen molar-refractivity contribution >= 4 is 11.8 Å². The first-order valence-electron chi connectivity index (χ1n) is 8.82. The van der Waals surface area contributed by atoms with Gasteiger partial charge in [-0.1, -0.05) is 36.4 Å². The maximum absolute atomic E-state index is 14.1. The molecule has 0 saturated carbocycles. The first kappa shape index (κ1) is 16.4. The lowest BCUT2D eigenvalue weighted by Crippen LogP contribution is -2.11. The van der Waals surface area contributed by atoms with E-state index < -0.39 is 0 Å². The fraction of sp³-hybridized carbons (Fsp3) is 0.130. The molecule has 128 valence electrons. The molecule has 0 unspecified atom stereocenters. The van der Waals surface area contributed by atoms with Gasteiger partial charge in [0.15, 0.2) is 0 Å². The Labute approximate surface area is 152 Å². The number of nitrogens with zero attached hydrogens (tertiary/aromatic N) is 2. The first-order valence-corrected chi connectivity index (χ1v) is 8.82. The van der Waals surface area contributed by atoms with Crippen LogP contribution in [0.4, 0.5) is 4.39 Å². The maximum Gasteiger partial charge on any atom is 0.131 e. The van der Waals surface area contributed by atoms with E-state index in [1.54, 1.807) is 12.3 Å². The third-order valence-corrected chi connectivity index (χ3v) is 4.53. The lowest BCUT2D eigenvalue weighted by atomic mass is 9.94. The minimum absolute atomic E-state index is 0.201. The first-order chi connectivity index (χ1) is 12.8. The zero-order valence-electron chi connectivity index (χ0n) is 14.4. The fourth-order valence-electron chi connectivity index (χ4n) is 3.29. The molecule has 2 nitrogen and oxygen atoms in total. The number of aliphatic imine (C=N–C) groups is 1. The highest BCUT2D eigenvalue weighted by Gasteiger charge is 2.14. The number of rotatable bonds is 3. The predicted molar refractivity (Wildman–Crippen MR) is 105 cm³/mol. The van der Waals surface area contributed by atoms with Crippen molar-refractivity contribution in [2.24, 2.45) is 4.99 Å². The van der Waals surface area contributed by atoms with Gasteiger partial charge < -0.3 is 0 Å². The van der Waals surface area contributed by atoms with Crippen molar-refractivity contribution in [2.75, 3.05) is 6.54 Å². The van der Waals surface area contributed by atoms with Gasteiger partial charge >= 0.3 is 0 Å². The molecule has 3 heteroatoms. The Bertz CT molecular complexity index is 974. The summed E-state index contributed by atoms with van der Waals surface area (Å²) in [7, 11) is 0. The van der Waals surface area contributed by atoms with Crippen LogP contribution in [0.1, 0.15) is 24.0 Å². The molecule has 0 atom stereocenters. The molecule has 0 saturated heterocycles. The van der Waals surface area contributed by atoms with E-state index in [4.69, 9.17) is 4.99 Å². The molecule has 1 aliphatic rings. The van der Waals surface area contributed by atoms with Gasteiger partial charge in [-0.05, 0) is 59.9 Å². The van der Waals surface area contributed by atoms with Crippen molar-refractivity contribution in [2.45, 2.75) is 12.8 Å². The molecule has 2 aromatic carbocycles. The third kappa shape index (κ3) is 3.47. The monoisotopic (exact) mass is 342 g/mol. The van der Waals surface area contributed by atoms with Crippen LogP contribution in [0.15, 0.2) is 83.6 Å². The van der Waals surface area contributed by atoms with Gasteiger partial charge in [0, 0.05) is 30.1 Å². The van der Waals surface area contributed by atoms with Crippen LogP contribution in [-0.2, 0) is 0 Å². The van der Waals surface area contributed by atoms with Gasteiger partial charge in [-0.2, -0.15) is 0 Å². The Kier molecular flexibility index (Phi) is 4.69. The molecule has 0 aliphatic carbocycles. The second-order valence-electron chi connectivity index (χ2n) is 6.35. The van der Waals surface area contributed by atoms with Crippen LogP contribution in [-0.4, -0.2) is 17.2 Å². The van der Waals surface area contributed by atoms with Crippen LogP contribution in [0, 0.1) is 5.82 Å². The average molecular weight is 342 g/mol. The van der Waals surface area contributed by atoms with Crippen molar-refractivity contribution < 1.29 is 4.39 Å². The summed E-state index contributed by atoms with van der Waals surface area (Å²) < 4.78 is 14.1. The number of benzene rings is 2. The van der Waals surface area contributed by atoms with Crippen LogP contribution in [0.25, 0.3) is 17.2 Å². The highest BCUT2D eigenvalue weighted by molar-refractivity contribution is 6.15. The normalized spacial score (nSPS) is 15.7. The summed E-state index contributed by atoms with van der Waals surface area (Å²) in [5.41, 5.74) is 5.82. The lowest BCUT2D eigenvalue weighted by molar-refractivity contribution is 0.631. The second kappa shape index (κ2) is 7.44. The summed E-state index contributed by atoms with van der Waals surface area (Å²) in [5.74, 6) is -0.201. The van der Waals surface area contributed by atoms with Crippen molar-refractivity contribution in [1.82, 2.24) is 4.98 Å². The summed E-state index contributed by atoms with van der Waals surface area (Å²) in [6.45, 7) is 0.844. The number of allylic oxidation sites excluding steroid dienone is 1. The smallest absolute Gasteiger partial charge is 0.131 e. The van der Waals surface area contributed by atoms with E-state index >= 15 is 0 Å². The average Bonchev–Trinajstić information content (AvgIpc) is 2.70. The number of halogens is 1. The van der Waals surface area contributed by atoms with Crippen molar-refractivity contribution in [3.8, 4) is 11.1 Å². The molecule has 4 rings (SSSR count). The van der Waals surface area contributed by atoms with Gasteiger partial charge in [0.1, 0.15) is 5.82 Å². The zero-order chi connectivity index (χ0) is 17.8. The van der Waals surface area contributed by atoms with E-state index in [-0.39, 0.29) is 5.82 Å². The molecule has 0 radical (unpaired) electrons. The predicted octanol–water partition coefficient (Wildman–Crippen LogP) is 5.55. The van der Waals surface area contributed by atoms with Gasteiger partial charge in [0.25, 0.3) is 0 Å². The summed E-state index contributed by atoms with van der Waals surface area (Å²) in [6, 6.07) is 18.8. The molecule has 1 aromatic heterocycles. The van der Waals surface area contributed by atoms with E-state index in [1.165, 1.54) is 11.6 Å². The van der Waals surface area contributed by atoms with Crippen LogP contribution in [0.3, 0.4) is 0 Å². The summed E-state index contributed by atoms with van der Waals surface area (Å²) >= 11 is 0. The number of pyridine rings is 1. The highest BCUT2D eigenvalue weighted by Crippen LogP contribution is 2.26. The van der Waals surface area contributed by atoms with Gasteiger partial charge in [0.05, 0.1) is 5.71 Å². The standard InChI is InChI=1S/C23H19FN2/c24-22-11-2-1-10-21(22)18-7-3-6-17(14-18)15-19-8-5-13-26-23(19)20-9-4-12-25-16-20/h1-4,6-7,9-12,14-16H,5,8,13H2. The Balaban J connectivity index is 1.72. The molecular weight excluding hydrogens is 323 g/mol. The number of aromatic nitrogens is 1. The molecule has 0 spiro atoms. The van der Waals surface area contributed by atoms with E-state index in [1.807, 2.05) is 54.7 Å². The topological polar surface area (TPSA) is 25.2 Å². The zero-order valence-corrected chi connectivity index (χ0v) is 14.4. The number of hydrogen-bond donors (Lipinski definition) is 0. The van der Waals surface area contributed by atoms with Crippen LogP contribution < -0.4 is 0 Å². The van der Waals surface area contributed by atoms with Crippen LogP contribution in [0.2, 0.25) is 0 Å². The Morgan fingerprint density at radius 1 is 0.923 bits per heavy atom. The quantitative estimate of drug-likeness (QED) is 0.612. The van der Waals surface area contributed by atoms with E-state index in [0.717, 1.165) is 41.8 Å². The number of hydrogen-bond acceptors (Lipinski definition) is 2. The Morgan fingerprint density at radius 2 is 1.81 bits per heavy atom. The van der Waals surface area contributed by atoms with Crippen molar-refractivity contribution in [3.05, 3.63) is 95.6 Å². The molecular formula is C23H19FN2. The molecule has 3 aromatic rings. The molecule has 26 heavy (non-hydrogen) atoms. The van der Waals surface area contributed by atoms with Crippen LogP contribution in [0.5, 0.6) is 0 Å². The minimum atomic E-state index is -0.201. The highest BCUT2D eigenvalue weighted by atomic mass is 19.1.